The van der Waals surface area contributed by atoms with E-state index in [0.29, 0.717) is 22.4 Å². The van der Waals surface area contributed by atoms with Crippen molar-refractivity contribution in [2.45, 2.75) is 0 Å². The van der Waals surface area contributed by atoms with Crippen molar-refractivity contribution < 1.29 is 4.42 Å². The maximum absolute atomic E-state index is 6.60. The number of oxazole rings is 1. The third-order valence-electron chi connectivity index (χ3n) is 6.13. The fourth-order valence-electron chi connectivity index (χ4n) is 4.31. The molecule has 192 valence electrons. The zero-order valence-electron chi connectivity index (χ0n) is 21.5. The molecule has 0 N–H and O–H groups in total. The highest BCUT2D eigenvalue weighted by atomic mass is 35.5. The minimum Gasteiger partial charge on any atom is -0.435 e. The minimum absolute atomic E-state index is 0.532. The molecule has 1 heterocycles. The molecule has 0 aliphatic rings. The van der Waals surface area contributed by atoms with Gasteiger partial charge in [-0.05, 0) is 54.6 Å². The second-order valence-electron chi connectivity index (χ2n) is 8.74. The standard InChI is InChI=1S/C33H32ClN3O/c1-5-21-36(22-6-2)27-17-13-25(14-18-27)32-31(29-11-9-10-12-30(29)34)35-33(38-32)26-15-19-28(20-16-26)37(23-7-3)24-8-4/h5-20H,1-4,21-24H2. The third-order valence-corrected chi connectivity index (χ3v) is 6.46. The molecule has 0 saturated carbocycles. The van der Waals surface area contributed by atoms with Crippen molar-refractivity contribution in [3.05, 3.63) is 128 Å². The van der Waals surface area contributed by atoms with Gasteiger partial charge in [-0.3, -0.25) is 0 Å². The molecule has 1 aromatic heterocycles. The second-order valence-corrected chi connectivity index (χ2v) is 9.14. The quantitative estimate of drug-likeness (QED) is 0.165. The van der Waals surface area contributed by atoms with Crippen molar-refractivity contribution in [3.63, 3.8) is 0 Å². The van der Waals surface area contributed by atoms with Gasteiger partial charge in [0.05, 0.1) is 5.02 Å². The third kappa shape index (κ3) is 5.99. The fourth-order valence-corrected chi connectivity index (χ4v) is 4.53. The molecule has 4 aromatic rings. The molecule has 0 radical (unpaired) electrons. The molecular formula is C33H32ClN3O. The lowest BCUT2D eigenvalue weighted by molar-refractivity contribution is 0.589. The van der Waals surface area contributed by atoms with Crippen LogP contribution in [0.25, 0.3) is 34.0 Å². The number of anilines is 2. The normalized spacial score (nSPS) is 10.6. The van der Waals surface area contributed by atoms with Crippen molar-refractivity contribution >= 4 is 23.0 Å². The van der Waals surface area contributed by atoms with Gasteiger partial charge in [-0.15, -0.1) is 26.3 Å². The summed E-state index contributed by atoms with van der Waals surface area (Å²) in [6.07, 6.45) is 7.53. The zero-order chi connectivity index (χ0) is 26.9. The molecule has 0 aliphatic carbocycles. The number of hydrogen-bond donors (Lipinski definition) is 0. The Labute approximate surface area is 230 Å². The monoisotopic (exact) mass is 521 g/mol. The Kier molecular flexibility index (Phi) is 9.02. The van der Waals surface area contributed by atoms with Gasteiger partial charge in [0.1, 0.15) is 5.69 Å². The predicted octanol–water partition coefficient (Wildman–Crippen LogP) is 8.69. The van der Waals surface area contributed by atoms with E-state index in [0.717, 1.165) is 54.2 Å². The summed E-state index contributed by atoms with van der Waals surface area (Å²) < 4.78 is 6.43. The number of rotatable bonds is 13. The summed E-state index contributed by atoms with van der Waals surface area (Å²) in [7, 11) is 0. The van der Waals surface area contributed by atoms with Crippen LogP contribution in [0.3, 0.4) is 0 Å². The largest absolute Gasteiger partial charge is 0.435 e. The highest BCUT2D eigenvalue weighted by Gasteiger charge is 2.20. The number of hydrogen-bond acceptors (Lipinski definition) is 4. The van der Waals surface area contributed by atoms with Gasteiger partial charge in [0, 0.05) is 54.2 Å². The molecule has 38 heavy (non-hydrogen) atoms. The average Bonchev–Trinajstić information content (AvgIpc) is 3.38. The van der Waals surface area contributed by atoms with Crippen LogP contribution in [0.1, 0.15) is 0 Å². The topological polar surface area (TPSA) is 32.5 Å². The molecule has 4 nitrogen and oxygen atoms in total. The van der Waals surface area contributed by atoms with Crippen LogP contribution in [0, 0.1) is 0 Å². The van der Waals surface area contributed by atoms with Gasteiger partial charge >= 0.3 is 0 Å². The molecule has 0 bridgehead atoms. The van der Waals surface area contributed by atoms with Crippen molar-refractivity contribution in [1.82, 2.24) is 4.98 Å². The summed E-state index contributed by atoms with van der Waals surface area (Å²) in [5, 5.41) is 0.619. The Morgan fingerprint density at radius 3 is 1.61 bits per heavy atom. The maximum atomic E-state index is 6.60. The molecule has 0 atom stereocenters. The SMILES string of the molecule is C=CCN(CC=C)c1ccc(-c2nc(-c3ccccc3Cl)c(-c3ccc(N(CC=C)CC=C)cc3)o2)cc1. The van der Waals surface area contributed by atoms with E-state index in [1.807, 2.05) is 72.8 Å². The van der Waals surface area contributed by atoms with Crippen LogP contribution >= 0.6 is 11.6 Å². The Morgan fingerprint density at radius 1 is 0.658 bits per heavy atom. The Hall–Kier alpha value is -4.28. The van der Waals surface area contributed by atoms with Crippen LogP contribution in [0.4, 0.5) is 11.4 Å². The first kappa shape index (κ1) is 26.8. The average molecular weight is 522 g/mol. The van der Waals surface area contributed by atoms with Crippen LogP contribution in [0.2, 0.25) is 5.02 Å². The van der Waals surface area contributed by atoms with Crippen molar-refractivity contribution in [2.75, 3.05) is 36.0 Å². The van der Waals surface area contributed by atoms with Crippen molar-refractivity contribution in [1.29, 1.82) is 0 Å². The zero-order valence-corrected chi connectivity index (χ0v) is 22.3. The predicted molar refractivity (Wildman–Crippen MR) is 163 cm³/mol. The van der Waals surface area contributed by atoms with Crippen LogP contribution in [-0.2, 0) is 0 Å². The molecule has 4 rings (SSSR count). The molecule has 0 amide bonds. The first-order valence-corrected chi connectivity index (χ1v) is 12.9. The van der Waals surface area contributed by atoms with E-state index < -0.39 is 0 Å². The van der Waals surface area contributed by atoms with E-state index in [4.69, 9.17) is 21.0 Å². The number of halogens is 1. The van der Waals surface area contributed by atoms with E-state index in [1.165, 1.54) is 0 Å². The van der Waals surface area contributed by atoms with E-state index >= 15 is 0 Å². The summed E-state index contributed by atoms with van der Waals surface area (Å²) in [6.45, 7) is 18.4. The molecule has 0 aliphatic heterocycles. The fraction of sp³-hybridized carbons (Fsp3) is 0.121. The van der Waals surface area contributed by atoms with E-state index in [9.17, 15) is 0 Å². The van der Waals surface area contributed by atoms with Crippen molar-refractivity contribution in [2.24, 2.45) is 0 Å². The smallest absolute Gasteiger partial charge is 0.227 e. The summed E-state index contributed by atoms with van der Waals surface area (Å²) in [4.78, 5) is 9.29. The number of nitrogens with zero attached hydrogens (tertiary/aromatic N) is 3. The summed E-state index contributed by atoms with van der Waals surface area (Å²) in [6, 6.07) is 24.1. The first-order valence-electron chi connectivity index (χ1n) is 12.5. The highest BCUT2D eigenvalue weighted by molar-refractivity contribution is 6.33. The molecular weight excluding hydrogens is 490 g/mol. The maximum Gasteiger partial charge on any atom is 0.227 e. The number of aromatic nitrogens is 1. The van der Waals surface area contributed by atoms with Gasteiger partial charge in [-0.2, -0.15) is 0 Å². The lowest BCUT2D eigenvalue weighted by atomic mass is 10.1. The molecule has 0 spiro atoms. The summed E-state index contributed by atoms with van der Waals surface area (Å²) in [5.41, 5.74) is 5.47. The lowest BCUT2D eigenvalue weighted by Crippen LogP contribution is -2.22. The van der Waals surface area contributed by atoms with Gasteiger partial charge < -0.3 is 14.2 Å². The Balaban J connectivity index is 1.75. The molecule has 0 fully saturated rings. The first-order chi connectivity index (χ1) is 18.6. The van der Waals surface area contributed by atoms with Gasteiger partial charge in [-0.25, -0.2) is 4.98 Å². The van der Waals surface area contributed by atoms with Crippen LogP contribution < -0.4 is 9.80 Å². The minimum atomic E-state index is 0.532. The summed E-state index contributed by atoms with van der Waals surface area (Å²) >= 11 is 6.60. The Bertz CT molecular complexity index is 1380. The van der Waals surface area contributed by atoms with Crippen LogP contribution in [-0.4, -0.2) is 31.2 Å². The second kappa shape index (κ2) is 12.8. The van der Waals surface area contributed by atoms with E-state index in [1.54, 1.807) is 0 Å². The Morgan fingerprint density at radius 2 is 1.13 bits per heavy atom. The van der Waals surface area contributed by atoms with Crippen LogP contribution in [0.5, 0.6) is 0 Å². The lowest BCUT2D eigenvalue weighted by Gasteiger charge is -2.21. The van der Waals surface area contributed by atoms with Gasteiger partial charge in [-0.1, -0.05) is 54.1 Å². The van der Waals surface area contributed by atoms with E-state index in [-0.39, 0.29) is 0 Å². The van der Waals surface area contributed by atoms with Crippen molar-refractivity contribution in [3.8, 4) is 34.0 Å². The molecule has 5 heteroatoms. The van der Waals surface area contributed by atoms with Gasteiger partial charge in [0.2, 0.25) is 5.89 Å². The molecule has 3 aromatic carbocycles. The summed E-state index contributed by atoms with van der Waals surface area (Å²) in [5.74, 6) is 1.20. The number of benzene rings is 3. The molecule has 0 unspecified atom stereocenters. The van der Waals surface area contributed by atoms with E-state index in [2.05, 4.69) is 60.4 Å². The van der Waals surface area contributed by atoms with Crippen LogP contribution in [0.15, 0.2) is 128 Å². The van der Waals surface area contributed by atoms with Gasteiger partial charge in [0.15, 0.2) is 5.76 Å². The molecule has 0 saturated heterocycles. The van der Waals surface area contributed by atoms with Gasteiger partial charge in [0.25, 0.3) is 0 Å². The highest BCUT2D eigenvalue weighted by Crippen LogP contribution is 2.39.